The molecular weight excluding hydrogens is 394 g/mol. The van der Waals surface area contributed by atoms with Crippen LogP contribution in [-0.4, -0.2) is 26.6 Å². The third kappa shape index (κ3) is 4.75. The molecule has 0 spiro atoms. The van der Waals surface area contributed by atoms with Gasteiger partial charge in [0.05, 0.1) is 7.11 Å². The topological polar surface area (TPSA) is 111 Å². The van der Waals surface area contributed by atoms with Crippen LogP contribution in [0.3, 0.4) is 0 Å². The Morgan fingerprint density at radius 1 is 1.14 bits per heavy atom. The second-order valence-electron chi connectivity index (χ2n) is 6.37. The number of anilines is 1. The minimum absolute atomic E-state index is 0.0117. The number of hydrogen-bond donors (Lipinski definition) is 2. The van der Waals surface area contributed by atoms with E-state index in [-0.39, 0.29) is 22.3 Å². The Bertz CT molecular complexity index is 1100. The van der Waals surface area contributed by atoms with E-state index in [0.717, 1.165) is 5.56 Å². The molecule has 1 aromatic heterocycles. The molecule has 3 rings (SSSR count). The maximum Gasteiger partial charge on any atom is 0.267 e. The molecular formula is C20H21N3O5S. The summed E-state index contributed by atoms with van der Waals surface area (Å²) in [6.07, 6.45) is 0. The van der Waals surface area contributed by atoms with Crippen LogP contribution in [0.5, 0.6) is 5.75 Å². The summed E-state index contributed by atoms with van der Waals surface area (Å²) < 4.78 is 37.6. The highest BCUT2D eigenvalue weighted by Crippen LogP contribution is 2.22. The summed E-state index contributed by atoms with van der Waals surface area (Å²) in [7, 11) is -2.25. The molecule has 9 heteroatoms. The molecule has 0 atom stereocenters. The lowest BCUT2D eigenvalue weighted by Gasteiger charge is -2.09. The van der Waals surface area contributed by atoms with Crippen LogP contribution in [0.2, 0.25) is 0 Å². The van der Waals surface area contributed by atoms with Crippen molar-refractivity contribution in [2.45, 2.75) is 25.3 Å². The Morgan fingerprint density at radius 2 is 1.86 bits per heavy atom. The van der Waals surface area contributed by atoms with Crippen molar-refractivity contribution in [2.24, 2.45) is 0 Å². The fourth-order valence-electron chi connectivity index (χ4n) is 2.82. The minimum atomic E-state index is -3.84. The summed E-state index contributed by atoms with van der Waals surface area (Å²) in [5.41, 5.74) is 1.92. The lowest BCUT2D eigenvalue weighted by molar-refractivity contribution is 0.0951. The van der Waals surface area contributed by atoms with Crippen LogP contribution in [0.1, 0.15) is 27.4 Å². The number of hydrogen-bond acceptors (Lipinski definition) is 6. The van der Waals surface area contributed by atoms with Crippen LogP contribution in [0, 0.1) is 13.8 Å². The summed E-state index contributed by atoms with van der Waals surface area (Å²) in [6.45, 7) is 3.43. The molecule has 0 aliphatic rings. The molecule has 0 saturated heterocycles. The summed E-state index contributed by atoms with van der Waals surface area (Å²) in [5, 5.41) is 6.48. The number of ether oxygens (including phenoxy) is 1. The zero-order valence-electron chi connectivity index (χ0n) is 16.2. The standard InChI is InChI=1S/C20H21N3O5S/c1-13-19(14(2)28-22-13)29(25,26)23-17-9-7-16(8-10-17)20(24)21-12-15-5-4-6-18(11-15)27-3/h4-11,23H,12H2,1-3H3,(H,21,24). The molecule has 0 bridgehead atoms. The highest BCUT2D eigenvalue weighted by Gasteiger charge is 2.24. The fraction of sp³-hybridized carbons (Fsp3) is 0.200. The average Bonchev–Trinajstić information content (AvgIpc) is 3.05. The molecule has 2 N–H and O–H groups in total. The van der Waals surface area contributed by atoms with Gasteiger partial charge in [-0.3, -0.25) is 9.52 Å². The van der Waals surface area contributed by atoms with Gasteiger partial charge < -0.3 is 14.6 Å². The fourth-order valence-corrected chi connectivity index (χ4v) is 4.21. The Balaban J connectivity index is 1.65. The molecule has 152 valence electrons. The average molecular weight is 415 g/mol. The van der Waals surface area contributed by atoms with E-state index in [0.29, 0.717) is 23.5 Å². The molecule has 3 aromatic rings. The van der Waals surface area contributed by atoms with E-state index in [2.05, 4.69) is 15.2 Å². The molecule has 0 radical (unpaired) electrons. The normalized spacial score (nSPS) is 11.1. The van der Waals surface area contributed by atoms with Crippen molar-refractivity contribution in [3.05, 3.63) is 71.1 Å². The predicted molar refractivity (Wildman–Crippen MR) is 107 cm³/mol. The number of aromatic nitrogens is 1. The number of nitrogens with zero attached hydrogens (tertiary/aromatic N) is 1. The van der Waals surface area contributed by atoms with Crippen LogP contribution < -0.4 is 14.8 Å². The minimum Gasteiger partial charge on any atom is -0.497 e. The van der Waals surface area contributed by atoms with Gasteiger partial charge in [0.1, 0.15) is 11.4 Å². The predicted octanol–water partition coefficient (Wildman–Crippen LogP) is 3.03. The summed E-state index contributed by atoms with van der Waals surface area (Å²) >= 11 is 0. The van der Waals surface area contributed by atoms with E-state index in [1.807, 2.05) is 24.3 Å². The molecule has 8 nitrogen and oxygen atoms in total. The SMILES string of the molecule is COc1cccc(CNC(=O)c2ccc(NS(=O)(=O)c3c(C)noc3C)cc2)c1. The first-order chi connectivity index (χ1) is 13.8. The van der Waals surface area contributed by atoms with E-state index >= 15 is 0 Å². The number of rotatable bonds is 7. The number of sulfonamides is 1. The largest absolute Gasteiger partial charge is 0.497 e. The van der Waals surface area contributed by atoms with Crippen molar-refractivity contribution >= 4 is 21.6 Å². The highest BCUT2D eigenvalue weighted by atomic mass is 32.2. The first-order valence-corrected chi connectivity index (χ1v) is 10.3. The van der Waals surface area contributed by atoms with Gasteiger partial charge >= 0.3 is 0 Å². The van der Waals surface area contributed by atoms with Crippen LogP contribution >= 0.6 is 0 Å². The van der Waals surface area contributed by atoms with Gasteiger partial charge in [0.25, 0.3) is 15.9 Å². The van der Waals surface area contributed by atoms with Crippen LogP contribution in [0.4, 0.5) is 5.69 Å². The maximum absolute atomic E-state index is 12.5. The number of aryl methyl sites for hydroxylation is 2. The third-order valence-corrected chi connectivity index (χ3v) is 5.85. The van der Waals surface area contributed by atoms with Gasteiger partial charge in [0.15, 0.2) is 10.7 Å². The van der Waals surface area contributed by atoms with Crippen LogP contribution in [0.15, 0.2) is 57.9 Å². The first-order valence-electron chi connectivity index (χ1n) is 8.77. The number of nitrogens with one attached hydrogen (secondary N) is 2. The van der Waals surface area contributed by atoms with E-state index in [9.17, 15) is 13.2 Å². The van der Waals surface area contributed by atoms with Gasteiger partial charge in [-0.1, -0.05) is 17.3 Å². The first kappa shape index (κ1) is 20.4. The highest BCUT2D eigenvalue weighted by molar-refractivity contribution is 7.92. The zero-order valence-corrected chi connectivity index (χ0v) is 17.0. The van der Waals surface area contributed by atoms with Crippen LogP contribution in [-0.2, 0) is 16.6 Å². The smallest absolute Gasteiger partial charge is 0.267 e. The Labute approximate surface area is 168 Å². The lowest BCUT2D eigenvalue weighted by atomic mass is 10.1. The molecule has 0 fully saturated rings. The van der Waals surface area contributed by atoms with Gasteiger partial charge in [-0.25, -0.2) is 8.42 Å². The molecule has 1 heterocycles. The second kappa shape index (κ2) is 8.36. The Morgan fingerprint density at radius 3 is 2.48 bits per heavy atom. The molecule has 2 aromatic carbocycles. The van der Waals surface area contributed by atoms with Gasteiger partial charge in [-0.05, 0) is 55.8 Å². The van der Waals surface area contributed by atoms with Crippen molar-refractivity contribution in [1.29, 1.82) is 0 Å². The van der Waals surface area contributed by atoms with E-state index in [4.69, 9.17) is 9.26 Å². The molecule has 29 heavy (non-hydrogen) atoms. The zero-order chi connectivity index (χ0) is 21.0. The monoisotopic (exact) mass is 415 g/mol. The molecule has 0 unspecified atom stereocenters. The molecule has 0 aliphatic heterocycles. The van der Waals surface area contributed by atoms with Crippen molar-refractivity contribution in [2.75, 3.05) is 11.8 Å². The van der Waals surface area contributed by atoms with Gasteiger partial charge in [0.2, 0.25) is 0 Å². The summed E-state index contributed by atoms with van der Waals surface area (Å²) in [5.74, 6) is 0.656. The van der Waals surface area contributed by atoms with Crippen molar-refractivity contribution < 1.29 is 22.5 Å². The van der Waals surface area contributed by atoms with Crippen molar-refractivity contribution in [1.82, 2.24) is 10.5 Å². The lowest BCUT2D eigenvalue weighted by Crippen LogP contribution is -2.22. The number of benzene rings is 2. The van der Waals surface area contributed by atoms with Crippen molar-refractivity contribution in [3.63, 3.8) is 0 Å². The molecule has 1 amide bonds. The second-order valence-corrected chi connectivity index (χ2v) is 7.99. The Kier molecular flexibility index (Phi) is 5.88. The molecule has 0 aliphatic carbocycles. The quantitative estimate of drug-likeness (QED) is 0.614. The van der Waals surface area contributed by atoms with Gasteiger partial charge in [0, 0.05) is 17.8 Å². The number of methoxy groups -OCH3 is 1. The Hall–Kier alpha value is -3.33. The van der Waals surface area contributed by atoms with E-state index in [1.165, 1.54) is 19.1 Å². The van der Waals surface area contributed by atoms with Gasteiger partial charge in [-0.15, -0.1) is 0 Å². The number of amides is 1. The van der Waals surface area contributed by atoms with E-state index in [1.54, 1.807) is 26.2 Å². The van der Waals surface area contributed by atoms with Crippen LogP contribution in [0.25, 0.3) is 0 Å². The van der Waals surface area contributed by atoms with Gasteiger partial charge in [-0.2, -0.15) is 0 Å². The molecule has 0 saturated carbocycles. The maximum atomic E-state index is 12.5. The third-order valence-electron chi connectivity index (χ3n) is 4.22. The van der Waals surface area contributed by atoms with Crippen molar-refractivity contribution in [3.8, 4) is 5.75 Å². The summed E-state index contributed by atoms with van der Waals surface area (Å²) in [6, 6.07) is 13.5. The van der Waals surface area contributed by atoms with E-state index < -0.39 is 10.0 Å². The number of carbonyl (C=O) groups excluding carboxylic acids is 1. The number of carbonyl (C=O) groups is 1. The summed E-state index contributed by atoms with van der Waals surface area (Å²) in [4.78, 5) is 12.4.